The van der Waals surface area contributed by atoms with Gasteiger partial charge in [-0.25, -0.2) is 4.39 Å². The lowest BCUT2D eigenvalue weighted by Crippen LogP contribution is -2.22. The molecule has 0 spiro atoms. The third-order valence-corrected chi connectivity index (χ3v) is 4.39. The summed E-state index contributed by atoms with van der Waals surface area (Å²) in [6, 6.07) is 17.5. The van der Waals surface area contributed by atoms with Gasteiger partial charge in [0, 0.05) is 34.8 Å². The van der Waals surface area contributed by atoms with Crippen molar-refractivity contribution in [2.75, 3.05) is 10.2 Å². The fourth-order valence-corrected chi connectivity index (χ4v) is 3.08. The molecular weight excluding hydrogens is 349 g/mol. The van der Waals surface area contributed by atoms with E-state index in [0.717, 1.165) is 11.4 Å². The van der Waals surface area contributed by atoms with E-state index in [2.05, 4.69) is 5.32 Å². The van der Waals surface area contributed by atoms with Gasteiger partial charge in [-0.3, -0.25) is 14.9 Å². The Labute approximate surface area is 154 Å². The van der Waals surface area contributed by atoms with E-state index in [1.807, 2.05) is 12.1 Å². The standard InChI is InChI=1S/C20H14FN3O3/c21-14-4-6-15(7-5-14)22-16-2-1-3-17(11-16)23-12-13-10-18(24(26)27)8-9-19(13)20(23)25/h1-11,22H,12H2. The molecule has 0 bridgehead atoms. The van der Waals surface area contributed by atoms with Gasteiger partial charge in [-0.05, 0) is 54.1 Å². The van der Waals surface area contributed by atoms with Gasteiger partial charge in [-0.15, -0.1) is 0 Å². The third-order valence-electron chi connectivity index (χ3n) is 4.39. The van der Waals surface area contributed by atoms with E-state index in [0.29, 0.717) is 16.8 Å². The van der Waals surface area contributed by atoms with Crippen molar-refractivity contribution in [3.8, 4) is 0 Å². The number of halogens is 1. The second-order valence-electron chi connectivity index (χ2n) is 6.17. The van der Waals surface area contributed by atoms with Gasteiger partial charge in [-0.1, -0.05) is 6.07 Å². The number of rotatable bonds is 4. The SMILES string of the molecule is O=C1c2ccc([N+](=O)[O-])cc2CN1c1cccc(Nc2ccc(F)cc2)c1. The van der Waals surface area contributed by atoms with Crippen molar-refractivity contribution in [3.05, 3.63) is 93.8 Å². The minimum absolute atomic E-state index is 0.0323. The topological polar surface area (TPSA) is 75.5 Å². The van der Waals surface area contributed by atoms with Crippen molar-refractivity contribution >= 4 is 28.7 Å². The number of nitrogens with one attached hydrogen (secondary N) is 1. The smallest absolute Gasteiger partial charge is 0.269 e. The Morgan fingerprint density at radius 3 is 2.52 bits per heavy atom. The number of nitro benzene ring substituents is 1. The summed E-state index contributed by atoms with van der Waals surface area (Å²) in [4.78, 5) is 24.7. The molecule has 0 aliphatic carbocycles. The number of fused-ring (bicyclic) bond motifs is 1. The van der Waals surface area contributed by atoms with E-state index in [9.17, 15) is 19.3 Å². The fourth-order valence-electron chi connectivity index (χ4n) is 3.08. The molecule has 0 saturated carbocycles. The number of carbonyl (C=O) groups excluding carboxylic acids is 1. The van der Waals surface area contributed by atoms with Crippen LogP contribution in [0.2, 0.25) is 0 Å². The second kappa shape index (κ2) is 6.53. The van der Waals surface area contributed by atoms with Gasteiger partial charge in [-0.2, -0.15) is 0 Å². The Morgan fingerprint density at radius 1 is 1.00 bits per heavy atom. The van der Waals surface area contributed by atoms with Crippen molar-refractivity contribution in [1.82, 2.24) is 0 Å². The number of hydrogen-bond acceptors (Lipinski definition) is 4. The number of anilines is 3. The number of nitrogens with zero attached hydrogens (tertiary/aromatic N) is 2. The number of non-ortho nitro benzene ring substituents is 1. The summed E-state index contributed by atoms with van der Waals surface area (Å²) in [5, 5.41) is 14.1. The number of amides is 1. The van der Waals surface area contributed by atoms with E-state index in [1.54, 1.807) is 29.2 Å². The lowest BCUT2D eigenvalue weighted by molar-refractivity contribution is -0.384. The van der Waals surface area contributed by atoms with Gasteiger partial charge < -0.3 is 10.2 Å². The maximum absolute atomic E-state index is 13.0. The quantitative estimate of drug-likeness (QED) is 0.541. The molecule has 7 heteroatoms. The molecule has 134 valence electrons. The van der Waals surface area contributed by atoms with Crippen LogP contribution in [-0.4, -0.2) is 10.8 Å². The first-order chi connectivity index (χ1) is 13.0. The Balaban J connectivity index is 1.59. The zero-order chi connectivity index (χ0) is 19.0. The molecule has 0 saturated heterocycles. The van der Waals surface area contributed by atoms with E-state index in [4.69, 9.17) is 0 Å². The maximum atomic E-state index is 13.0. The molecule has 3 aromatic carbocycles. The average Bonchev–Trinajstić information content (AvgIpc) is 3.00. The van der Waals surface area contributed by atoms with E-state index < -0.39 is 4.92 Å². The summed E-state index contributed by atoms with van der Waals surface area (Å²) in [5.74, 6) is -0.511. The van der Waals surface area contributed by atoms with Crippen LogP contribution in [0, 0.1) is 15.9 Å². The molecule has 0 atom stereocenters. The minimum atomic E-state index is -0.472. The Kier molecular flexibility index (Phi) is 4.04. The van der Waals surface area contributed by atoms with Crippen LogP contribution in [0.4, 0.5) is 27.1 Å². The van der Waals surface area contributed by atoms with Crippen LogP contribution >= 0.6 is 0 Å². The van der Waals surface area contributed by atoms with E-state index >= 15 is 0 Å². The molecule has 0 fully saturated rings. The van der Waals surface area contributed by atoms with Gasteiger partial charge >= 0.3 is 0 Å². The van der Waals surface area contributed by atoms with Crippen molar-refractivity contribution in [2.24, 2.45) is 0 Å². The highest BCUT2D eigenvalue weighted by Gasteiger charge is 2.30. The summed E-state index contributed by atoms with van der Waals surface area (Å²) in [6.45, 7) is 0.274. The van der Waals surface area contributed by atoms with Crippen molar-refractivity contribution in [1.29, 1.82) is 0 Å². The number of hydrogen-bond donors (Lipinski definition) is 1. The first-order valence-electron chi connectivity index (χ1n) is 8.23. The van der Waals surface area contributed by atoms with Gasteiger partial charge in [0.05, 0.1) is 11.5 Å². The summed E-state index contributed by atoms with van der Waals surface area (Å²) in [6.07, 6.45) is 0. The number of carbonyl (C=O) groups is 1. The largest absolute Gasteiger partial charge is 0.355 e. The van der Waals surface area contributed by atoms with Gasteiger partial charge in [0.15, 0.2) is 0 Å². The van der Waals surface area contributed by atoms with Gasteiger partial charge in [0.2, 0.25) is 0 Å². The van der Waals surface area contributed by atoms with Gasteiger partial charge in [0.25, 0.3) is 11.6 Å². The highest BCUT2D eigenvalue weighted by Crippen LogP contribution is 2.32. The lowest BCUT2D eigenvalue weighted by atomic mass is 10.1. The van der Waals surface area contributed by atoms with Crippen LogP contribution in [0.3, 0.4) is 0 Å². The summed E-state index contributed by atoms with van der Waals surface area (Å²) in [7, 11) is 0. The summed E-state index contributed by atoms with van der Waals surface area (Å²) in [5.41, 5.74) is 3.21. The molecule has 0 unspecified atom stereocenters. The zero-order valence-corrected chi connectivity index (χ0v) is 14.1. The van der Waals surface area contributed by atoms with E-state index in [-0.39, 0.29) is 24.0 Å². The third kappa shape index (κ3) is 3.22. The molecule has 4 rings (SSSR count). The summed E-state index contributed by atoms with van der Waals surface area (Å²) < 4.78 is 13.0. The molecule has 0 radical (unpaired) electrons. The highest BCUT2D eigenvalue weighted by atomic mass is 19.1. The van der Waals surface area contributed by atoms with Crippen LogP contribution in [0.25, 0.3) is 0 Å². The molecule has 3 aromatic rings. The van der Waals surface area contributed by atoms with Crippen LogP contribution in [0.15, 0.2) is 66.7 Å². The highest BCUT2D eigenvalue weighted by molar-refractivity contribution is 6.10. The van der Waals surface area contributed by atoms with Crippen LogP contribution in [-0.2, 0) is 6.54 Å². The summed E-state index contributed by atoms with van der Waals surface area (Å²) >= 11 is 0. The maximum Gasteiger partial charge on any atom is 0.269 e. The molecule has 6 nitrogen and oxygen atoms in total. The van der Waals surface area contributed by atoms with Crippen molar-refractivity contribution in [3.63, 3.8) is 0 Å². The van der Waals surface area contributed by atoms with Crippen molar-refractivity contribution < 1.29 is 14.1 Å². The molecule has 1 N–H and O–H groups in total. The normalized spacial score (nSPS) is 12.8. The Hall–Kier alpha value is -3.74. The zero-order valence-electron chi connectivity index (χ0n) is 14.1. The van der Waals surface area contributed by atoms with Crippen LogP contribution < -0.4 is 10.2 Å². The van der Waals surface area contributed by atoms with Crippen LogP contribution in [0.1, 0.15) is 15.9 Å². The van der Waals surface area contributed by atoms with Crippen LogP contribution in [0.5, 0.6) is 0 Å². The molecule has 1 amide bonds. The Morgan fingerprint density at radius 2 is 1.78 bits per heavy atom. The average molecular weight is 363 g/mol. The minimum Gasteiger partial charge on any atom is -0.355 e. The molecular formula is C20H14FN3O3. The molecule has 1 aliphatic rings. The first-order valence-corrected chi connectivity index (χ1v) is 8.23. The predicted molar refractivity (Wildman–Crippen MR) is 99.7 cm³/mol. The molecule has 1 aliphatic heterocycles. The monoisotopic (exact) mass is 363 g/mol. The predicted octanol–water partition coefficient (Wildman–Crippen LogP) is 4.64. The Bertz CT molecular complexity index is 1050. The fraction of sp³-hybridized carbons (Fsp3) is 0.0500. The molecule has 1 heterocycles. The number of benzene rings is 3. The first kappa shape index (κ1) is 16.7. The van der Waals surface area contributed by atoms with Gasteiger partial charge in [0.1, 0.15) is 5.82 Å². The second-order valence-corrected chi connectivity index (χ2v) is 6.17. The van der Waals surface area contributed by atoms with E-state index in [1.165, 1.54) is 30.3 Å². The molecule has 0 aromatic heterocycles. The van der Waals surface area contributed by atoms with Crippen molar-refractivity contribution in [2.45, 2.75) is 6.54 Å². The molecule has 27 heavy (non-hydrogen) atoms. The lowest BCUT2D eigenvalue weighted by Gasteiger charge is -2.17. The number of nitro groups is 1.